The van der Waals surface area contributed by atoms with Crippen molar-refractivity contribution in [3.63, 3.8) is 0 Å². The number of amides is 2. The zero-order chi connectivity index (χ0) is 32.1. The van der Waals surface area contributed by atoms with Gasteiger partial charge in [-0.05, 0) is 68.8 Å². The molecule has 45 heavy (non-hydrogen) atoms. The Kier molecular flexibility index (Phi) is 8.43. The van der Waals surface area contributed by atoms with Crippen molar-refractivity contribution in [2.45, 2.75) is 37.6 Å². The largest absolute Gasteiger partial charge is 0.384 e. The molecule has 3 aromatic rings. The van der Waals surface area contributed by atoms with Gasteiger partial charge in [-0.15, -0.1) is 0 Å². The van der Waals surface area contributed by atoms with Crippen molar-refractivity contribution in [3.05, 3.63) is 98.5 Å². The van der Waals surface area contributed by atoms with Gasteiger partial charge in [0.25, 0.3) is 5.91 Å². The minimum absolute atomic E-state index is 0.0109. The number of pyridine rings is 1. The highest BCUT2D eigenvalue weighted by atomic mass is 35.5. The van der Waals surface area contributed by atoms with E-state index >= 15 is 4.39 Å². The molecule has 0 radical (unpaired) electrons. The lowest BCUT2D eigenvalue weighted by molar-refractivity contribution is -0.142. The molecule has 2 atom stereocenters. The van der Waals surface area contributed by atoms with Crippen LogP contribution in [0.25, 0.3) is 0 Å². The second-order valence-electron chi connectivity index (χ2n) is 12.7. The number of ether oxygens (including phenoxy) is 1. The molecule has 6 rings (SSSR count). The van der Waals surface area contributed by atoms with Crippen LogP contribution in [0.2, 0.25) is 10.0 Å². The quantitative estimate of drug-likeness (QED) is 0.338. The fraction of sp³-hybridized carbons (Fsp3) is 0.424. The van der Waals surface area contributed by atoms with Crippen LogP contribution in [-0.4, -0.2) is 83.0 Å². The van der Waals surface area contributed by atoms with Crippen molar-refractivity contribution in [1.29, 1.82) is 0 Å². The van der Waals surface area contributed by atoms with Crippen molar-refractivity contribution in [2.24, 2.45) is 11.1 Å². The van der Waals surface area contributed by atoms with Crippen molar-refractivity contribution in [2.75, 3.05) is 46.4 Å². The number of likely N-dealkylation sites (N-methyl/N-ethyl adjacent to an activating group) is 1. The van der Waals surface area contributed by atoms with E-state index < -0.39 is 34.4 Å². The van der Waals surface area contributed by atoms with Crippen LogP contribution >= 0.6 is 23.2 Å². The molecule has 2 aliphatic heterocycles. The lowest BCUT2D eigenvalue weighted by Gasteiger charge is -2.40. The SMILES string of the molecule is CN1CCN(CC(C)(O)c2cc(F)c3c(c2)C(=O)N(Cc2ccc(Cl)cn2)[C@@]3(OCC2(C(N)=O)CC2)c2ccc(Cl)cc2)CC1. The van der Waals surface area contributed by atoms with Crippen LogP contribution in [-0.2, 0) is 27.4 Å². The van der Waals surface area contributed by atoms with Gasteiger partial charge in [-0.3, -0.25) is 24.4 Å². The number of nitrogens with two attached hydrogens (primary N) is 1. The number of halogens is 3. The summed E-state index contributed by atoms with van der Waals surface area (Å²) < 4.78 is 23.4. The number of carbonyl (C=O) groups excluding carboxylic acids is 2. The third-order valence-corrected chi connectivity index (χ3v) is 9.79. The van der Waals surface area contributed by atoms with Crippen LogP contribution in [0.4, 0.5) is 4.39 Å². The van der Waals surface area contributed by atoms with Crippen molar-refractivity contribution in [1.82, 2.24) is 19.7 Å². The van der Waals surface area contributed by atoms with Gasteiger partial charge in [0, 0.05) is 49.5 Å². The molecule has 1 saturated carbocycles. The van der Waals surface area contributed by atoms with E-state index in [0.29, 0.717) is 34.1 Å². The summed E-state index contributed by atoms with van der Waals surface area (Å²) in [7, 11) is 2.05. The normalized spacial score (nSPS) is 22.7. The molecule has 9 nitrogen and oxygen atoms in total. The number of nitrogens with zero attached hydrogens (tertiary/aromatic N) is 4. The molecule has 238 valence electrons. The number of carbonyl (C=O) groups is 2. The van der Waals surface area contributed by atoms with E-state index in [2.05, 4.69) is 14.8 Å². The molecule has 1 aromatic heterocycles. The lowest BCUT2D eigenvalue weighted by Crippen LogP contribution is -2.49. The Labute approximate surface area is 271 Å². The van der Waals surface area contributed by atoms with Gasteiger partial charge in [-0.1, -0.05) is 35.3 Å². The second kappa shape index (κ2) is 11.9. The van der Waals surface area contributed by atoms with Gasteiger partial charge in [0.2, 0.25) is 5.91 Å². The molecule has 2 fully saturated rings. The Morgan fingerprint density at radius 2 is 1.76 bits per heavy atom. The van der Waals surface area contributed by atoms with Crippen LogP contribution in [0.5, 0.6) is 0 Å². The third-order valence-electron chi connectivity index (χ3n) is 9.31. The van der Waals surface area contributed by atoms with Gasteiger partial charge in [0.15, 0.2) is 5.72 Å². The molecule has 0 spiro atoms. The predicted molar refractivity (Wildman–Crippen MR) is 168 cm³/mol. The molecule has 1 saturated heterocycles. The number of hydrogen-bond acceptors (Lipinski definition) is 7. The summed E-state index contributed by atoms with van der Waals surface area (Å²) in [5.41, 5.74) is 2.82. The molecular weight excluding hydrogens is 620 g/mol. The highest BCUT2D eigenvalue weighted by molar-refractivity contribution is 6.30. The van der Waals surface area contributed by atoms with Crippen LogP contribution < -0.4 is 5.73 Å². The van der Waals surface area contributed by atoms with Crippen LogP contribution in [0.3, 0.4) is 0 Å². The van der Waals surface area contributed by atoms with Crippen LogP contribution in [0.1, 0.15) is 52.5 Å². The number of hydrogen-bond donors (Lipinski definition) is 2. The fourth-order valence-corrected chi connectivity index (χ4v) is 6.53. The molecule has 2 aromatic carbocycles. The van der Waals surface area contributed by atoms with E-state index in [9.17, 15) is 14.7 Å². The maximum Gasteiger partial charge on any atom is 0.257 e. The highest BCUT2D eigenvalue weighted by Crippen LogP contribution is 2.52. The molecule has 3 heterocycles. The summed E-state index contributed by atoms with van der Waals surface area (Å²) in [5.74, 6) is -1.75. The minimum Gasteiger partial charge on any atom is -0.384 e. The molecular formula is C33H36Cl2FN5O4. The smallest absolute Gasteiger partial charge is 0.257 e. The molecule has 1 aliphatic carbocycles. The van der Waals surface area contributed by atoms with Gasteiger partial charge >= 0.3 is 0 Å². The van der Waals surface area contributed by atoms with Gasteiger partial charge in [0.1, 0.15) is 5.82 Å². The number of β-amino-alcohol motifs (C(OH)–C–C–N with tert-alkyl or cyclic N) is 1. The van der Waals surface area contributed by atoms with Crippen molar-refractivity contribution < 1.29 is 23.8 Å². The van der Waals surface area contributed by atoms with E-state index in [-0.39, 0.29) is 36.4 Å². The maximum absolute atomic E-state index is 16.8. The molecule has 2 amide bonds. The zero-order valence-corrected chi connectivity index (χ0v) is 26.7. The van der Waals surface area contributed by atoms with Gasteiger partial charge < -0.3 is 20.5 Å². The Hall–Kier alpha value is -3.12. The fourth-order valence-electron chi connectivity index (χ4n) is 6.30. The summed E-state index contributed by atoms with van der Waals surface area (Å²) in [6, 6.07) is 12.8. The summed E-state index contributed by atoms with van der Waals surface area (Å²) >= 11 is 12.3. The topological polar surface area (TPSA) is 112 Å². The van der Waals surface area contributed by atoms with E-state index in [1.807, 2.05) is 7.05 Å². The van der Waals surface area contributed by atoms with Crippen molar-refractivity contribution in [3.8, 4) is 0 Å². The summed E-state index contributed by atoms with van der Waals surface area (Å²) in [4.78, 5) is 37.0. The molecule has 3 N–H and O–H groups in total. The zero-order valence-electron chi connectivity index (χ0n) is 25.2. The van der Waals surface area contributed by atoms with Gasteiger partial charge in [-0.2, -0.15) is 0 Å². The number of primary amides is 1. The first-order valence-electron chi connectivity index (χ1n) is 14.9. The van der Waals surface area contributed by atoms with Crippen molar-refractivity contribution >= 4 is 35.0 Å². The number of aromatic nitrogens is 1. The maximum atomic E-state index is 16.8. The van der Waals surface area contributed by atoms with E-state index in [1.165, 1.54) is 17.2 Å². The number of fused-ring (bicyclic) bond motifs is 1. The average molecular weight is 657 g/mol. The summed E-state index contributed by atoms with van der Waals surface area (Å²) in [5, 5.41) is 12.5. The Balaban J connectivity index is 1.48. The predicted octanol–water partition coefficient (Wildman–Crippen LogP) is 4.12. The Morgan fingerprint density at radius 1 is 1.09 bits per heavy atom. The Bertz CT molecular complexity index is 1610. The second-order valence-corrected chi connectivity index (χ2v) is 13.5. The summed E-state index contributed by atoms with van der Waals surface area (Å²) in [6.07, 6.45) is 2.51. The average Bonchev–Trinajstić information content (AvgIpc) is 3.76. The minimum atomic E-state index is -1.80. The molecule has 0 bridgehead atoms. The van der Waals surface area contributed by atoms with Gasteiger partial charge in [0.05, 0.1) is 46.0 Å². The number of aliphatic hydroxyl groups is 1. The number of rotatable bonds is 10. The third kappa shape index (κ3) is 5.95. The lowest BCUT2D eigenvalue weighted by atomic mass is 9.87. The van der Waals surface area contributed by atoms with Crippen LogP contribution in [0, 0.1) is 11.2 Å². The van der Waals surface area contributed by atoms with E-state index in [1.54, 1.807) is 49.4 Å². The monoisotopic (exact) mass is 655 g/mol. The first-order chi connectivity index (χ1) is 21.3. The molecule has 12 heteroatoms. The van der Waals surface area contributed by atoms with E-state index in [0.717, 1.165) is 26.2 Å². The standard InChI is InChI=1S/C33H36Cl2FN5O4/c1-31(44,19-40-13-11-39(2)12-14-40)22-15-26-28(27(36)16-22)33(21-3-5-23(34)6-4-21,45-20-32(9-10-32)30(37)43)41(29(26)42)18-25-8-7-24(35)17-38-25/h3-8,15-17,44H,9-14,18-20H2,1-2H3,(H2,37,43)/t31?,33-/m1/s1. The summed E-state index contributed by atoms with van der Waals surface area (Å²) in [6.45, 7) is 4.93. The first-order valence-corrected chi connectivity index (χ1v) is 15.7. The number of piperazine rings is 1. The Morgan fingerprint density at radius 3 is 2.36 bits per heavy atom. The van der Waals surface area contributed by atoms with Gasteiger partial charge in [-0.25, -0.2) is 4.39 Å². The highest BCUT2D eigenvalue weighted by Gasteiger charge is 2.58. The molecule has 1 unspecified atom stereocenters. The first kappa shape index (κ1) is 31.8. The molecule has 3 aliphatic rings. The van der Waals surface area contributed by atoms with E-state index in [4.69, 9.17) is 33.7 Å². The number of benzene rings is 2. The van der Waals surface area contributed by atoms with Crippen LogP contribution in [0.15, 0.2) is 54.7 Å².